The van der Waals surface area contributed by atoms with E-state index in [2.05, 4.69) is 23.8 Å². The monoisotopic (exact) mass is 210 g/mol. The van der Waals surface area contributed by atoms with Gasteiger partial charge in [0.25, 0.3) is 0 Å². The van der Waals surface area contributed by atoms with Gasteiger partial charge in [-0.3, -0.25) is 4.79 Å². The van der Waals surface area contributed by atoms with Gasteiger partial charge in [-0.2, -0.15) is 11.3 Å². The number of carbonyl (C=O) groups excluding carboxylic acids is 1. The second kappa shape index (κ2) is 3.71. The van der Waals surface area contributed by atoms with Crippen molar-refractivity contribution in [3.8, 4) is 0 Å². The van der Waals surface area contributed by atoms with E-state index in [1.165, 1.54) is 5.56 Å². The van der Waals surface area contributed by atoms with Crippen molar-refractivity contribution in [3.05, 3.63) is 22.4 Å². The van der Waals surface area contributed by atoms with Crippen molar-refractivity contribution in [1.82, 2.24) is 4.90 Å². The van der Waals surface area contributed by atoms with Gasteiger partial charge < -0.3 is 10.6 Å². The Hall–Kier alpha value is -0.870. The van der Waals surface area contributed by atoms with Crippen molar-refractivity contribution in [3.63, 3.8) is 0 Å². The number of hydrogen-bond acceptors (Lipinski definition) is 3. The molecule has 2 heterocycles. The maximum Gasteiger partial charge on any atom is 0.241 e. The Kier molecular flexibility index (Phi) is 2.56. The molecular formula is C10H14N2OS. The average Bonchev–Trinajstić information content (AvgIpc) is 2.65. The molecule has 0 saturated carbocycles. The molecule has 0 aromatic carbocycles. The topological polar surface area (TPSA) is 46.3 Å². The molecule has 1 aliphatic heterocycles. The van der Waals surface area contributed by atoms with E-state index in [9.17, 15) is 4.79 Å². The summed E-state index contributed by atoms with van der Waals surface area (Å²) in [5, 5.41) is 4.19. The van der Waals surface area contributed by atoms with Crippen LogP contribution in [0.1, 0.15) is 12.5 Å². The normalized spacial score (nSPS) is 23.4. The highest BCUT2D eigenvalue weighted by molar-refractivity contribution is 7.07. The van der Waals surface area contributed by atoms with Crippen molar-refractivity contribution < 1.29 is 4.79 Å². The van der Waals surface area contributed by atoms with Gasteiger partial charge in [0.2, 0.25) is 5.91 Å². The number of hydrogen-bond donors (Lipinski definition) is 1. The van der Waals surface area contributed by atoms with Crippen LogP contribution in [0.25, 0.3) is 0 Å². The van der Waals surface area contributed by atoms with Gasteiger partial charge in [0.05, 0.1) is 0 Å². The lowest BCUT2D eigenvalue weighted by Gasteiger charge is -2.40. The van der Waals surface area contributed by atoms with Crippen molar-refractivity contribution in [2.24, 2.45) is 5.73 Å². The number of nitrogens with zero attached hydrogens (tertiary/aromatic N) is 1. The molecule has 2 atom stereocenters. The van der Waals surface area contributed by atoms with Crippen LogP contribution in [0.15, 0.2) is 16.8 Å². The molecule has 1 aliphatic rings. The highest BCUT2D eigenvalue weighted by Gasteiger charge is 2.36. The molecule has 1 amide bonds. The second-order valence-electron chi connectivity index (χ2n) is 3.78. The minimum atomic E-state index is -0.250. The molecule has 1 aromatic heterocycles. The molecule has 76 valence electrons. The van der Waals surface area contributed by atoms with E-state index in [0.29, 0.717) is 6.54 Å². The minimum Gasteiger partial charge on any atom is -0.336 e. The van der Waals surface area contributed by atoms with Crippen LogP contribution >= 0.6 is 11.3 Å². The van der Waals surface area contributed by atoms with Gasteiger partial charge in [-0.05, 0) is 35.7 Å². The number of amides is 1. The molecule has 0 spiro atoms. The Morgan fingerprint density at radius 1 is 1.79 bits per heavy atom. The fourth-order valence-corrected chi connectivity index (χ4v) is 2.42. The Balaban J connectivity index is 1.91. The second-order valence-corrected chi connectivity index (χ2v) is 4.56. The van der Waals surface area contributed by atoms with E-state index in [4.69, 9.17) is 5.73 Å². The van der Waals surface area contributed by atoms with Gasteiger partial charge in [-0.25, -0.2) is 0 Å². The number of likely N-dealkylation sites (tertiary alicyclic amines) is 1. The number of carbonyl (C=O) groups is 1. The summed E-state index contributed by atoms with van der Waals surface area (Å²) in [6.45, 7) is 2.78. The van der Waals surface area contributed by atoms with E-state index < -0.39 is 0 Å². The fraction of sp³-hybridized carbons (Fsp3) is 0.500. The molecule has 4 heteroatoms. The van der Waals surface area contributed by atoms with Gasteiger partial charge in [0.15, 0.2) is 0 Å². The maximum atomic E-state index is 11.3. The first kappa shape index (κ1) is 9.68. The molecule has 14 heavy (non-hydrogen) atoms. The highest BCUT2D eigenvalue weighted by Crippen LogP contribution is 2.17. The van der Waals surface area contributed by atoms with Gasteiger partial charge >= 0.3 is 0 Å². The number of nitrogens with two attached hydrogens (primary N) is 1. The first-order valence-corrected chi connectivity index (χ1v) is 5.70. The third-order valence-corrected chi connectivity index (χ3v) is 3.37. The quantitative estimate of drug-likeness (QED) is 0.752. The van der Waals surface area contributed by atoms with Crippen LogP contribution in [0.2, 0.25) is 0 Å². The lowest BCUT2D eigenvalue weighted by atomic mass is 10.0. The van der Waals surface area contributed by atoms with E-state index in [-0.39, 0.29) is 18.0 Å². The van der Waals surface area contributed by atoms with E-state index in [1.807, 2.05) is 4.90 Å². The zero-order chi connectivity index (χ0) is 10.1. The standard InChI is InChI=1S/C10H14N2OS/c1-7(4-8-2-3-14-6-8)12-5-9(11)10(12)13/h2-3,6-7,9H,4-5,11H2,1H3. The maximum absolute atomic E-state index is 11.3. The van der Waals surface area contributed by atoms with Crippen LogP contribution in [0, 0.1) is 0 Å². The molecule has 2 N–H and O–H groups in total. The molecule has 2 rings (SSSR count). The summed E-state index contributed by atoms with van der Waals surface area (Å²) in [5.41, 5.74) is 6.84. The molecule has 0 aliphatic carbocycles. The summed E-state index contributed by atoms with van der Waals surface area (Å²) >= 11 is 1.69. The van der Waals surface area contributed by atoms with Crippen LogP contribution in [-0.2, 0) is 11.2 Å². The fourth-order valence-electron chi connectivity index (χ4n) is 1.74. The average molecular weight is 210 g/mol. The largest absolute Gasteiger partial charge is 0.336 e. The minimum absolute atomic E-state index is 0.0905. The van der Waals surface area contributed by atoms with Crippen LogP contribution in [0.4, 0.5) is 0 Å². The van der Waals surface area contributed by atoms with E-state index in [0.717, 1.165) is 6.42 Å². The number of thiophene rings is 1. The Morgan fingerprint density at radius 2 is 2.57 bits per heavy atom. The Labute approximate surface area is 87.5 Å². The first-order valence-electron chi connectivity index (χ1n) is 4.75. The van der Waals surface area contributed by atoms with E-state index >= 15 is 0 Å². The summed E-state index contributed by atoms with van der Waals surface area (Å²) in [5.74, 6) is 0.0905. The van der Waals surface area contributed by atoms with Gasteiger partial charge in [0.1, 0.15) is 6.04 Å². The molecule has 1 aromatic rings. The number of rotatable bonds is 3. The van der Waals surface area contributed by atoms with Crippen LogP contribution in [0.5, 0.6) is 0 Å². The first-order chi connectivity index (χ1) is 6.68. The molecule has 0 radical (unpaired) electrons. The van der Waals surface area contributed by atoms with Crippen molar-refractivity contribution in [2.75, 3.05) is 6.54 Å². The highest BCUT2D eigenvalue weighted by atomic mass is 32.1. The summed E-state index contributed by atoms with van der Waals surface area (Å²) in [6, 6.07) is 2.13. The Morgan fingerprint density at radius 3 is 3.07 bits per heavy atom. The van der Waals surface area contributed by atoms with Gasteiger partial charge in [0, 0.05) is 12.6 Å². The summed E-state index contributed by atoms with van der Waals surface area (Å²) < 4.78 is 0. The predicted octanol–water partition coefficient (Wildman–Crippen LogP) is 0.849. The summed E-state index contributed by atoms with van der Waals surface area (Å²) in [4.78, 5) is 13.2. The van der Waals surface area contributed by atoms with Crippen molar-refractivity contribution in [1.29, 1.82) is 0 Å². The predicted molar refractivity (Wildman–Crippen MR) is 57.2 cm³/mol. The smallest absolute Gasteiger partial charge is 0.241 e. The zero-order valence-corrected chi connectivity index (χ0v) is 8.96. The molecular weight excluding hydrogens is 196 g/mol. The third-order valence-electron chi connectivity index (χ3n) is 2.64. The third kappa shape index (κ3) is 1.67. The SMILES string of the molecule is CC(Cc1ccsc1)N1CC(N)C1=O. The Bertz CT molecular complexity index is 323. The molecule has 2 unspecified atom stereocenters. The van der Waals surface area contributed by atoms with Crippen LogP contribution in [-0.4, -0.2) is 29.4 Å². The molecule has 3 nitrogen and oxygen atoms in total. The zero-order valence-electron chi connectivity index (χ0n) is 8.14. The number of β-lactam (4-membered cyclic amide) rings is 1. The lowest BCUT2D eigenvalue weighted by molar-refractivity contribution is -0.145. The molecule has 1 saturated heterocycles. The van der Waals surface area contributed by atoms with E-state index in [1.54, 1.807) is 11.3 Å². The van der Waals surface area contributed by atoms with Crippen molar-refractivity contribution in [2.45, 2.75) is 25.4 Å². The van der Waals surface area contributed by atoms with Crippen molar-refractivity contribution >= 4 is 17.2 Å². The van der Waals surface area contributed by atoms with Gasteiger partial charge in [-0.15, -0.1) is 0 Å². The van der Waals surface area contributed by atoms with Crippen LogP contribution in [0.3, 0.4) is 0 Å². The lowest BCUT2D eigenvalue weighted by Crippen LogP contribution is -2.63. The summed E-state index contributed by atoms with van der Waals surface area (Å²) in [6.07, 6.45) is 0.932. The molecule has 0 bridgehead atoms. The summed E-state index contributed by atoms with van der Waals surface area (Å²) in [7, 11) is 0. The van der Waals surface area contributed by atoms with Gasteiger partial charge in [-0.1, -0.05) is 0 Å². The van der Waals surface area contributed by atoms with Crippen LogP contribution < -0.4 is 5.73 Å². The molecule has 1 fully saturated rings.